The van der Waals surface area contributed by atoms with Crippen LogP contribution in [0.5, 0.6) is 0 Å². The van der Waals surface area contributed by atoms with E-state index in [1.807, 2.05) is 0 Å². The average Bonchev–Trinajstić information content (AvgIpc) is 2.29. The highest BCUT2D eigenvalue weighted by Gasteiger charge is 2.26. The first-order chi connectivity index (χ1) is 8.06. The minimum atomic E-state index is -0.809. The lowest BCUT2D eigenvalue weighted by Crippen LogP contribution is -2.37. The van der Waals surface area contributed by atoms with Crippen LogP contribution >= 0.6 is 0 Å². The van der Waals surface area contributed by atoms with Gasteiger partial charge in [-0.15, -0.1) is 0 Å². The van der Waals surface area contributed by atoms with Crippen molar-refractivity contribution in [2.45, 2.75) is 32.7 Å². The van der Waals surface area contributed by atoms with Crippen molar-refractivity contribution < 1.29 is 19.1 Å². The molecular formula is C11H22N2O4. The van der Waals surface area contributed by atoms with Crippen molar-refractivity contribution in [1.82, 2.24) is 0 Å². The lowest BCUT2D eigenvalue weighted by Gasteiger charge is -2.18. The monoisotopic (exact) mass is 246 g/mol. The van der Waals surface area contributed by atoms with E-state index in [9.17, 15) is 9.59 Å². The van der Waals surface area contributed by atoms with E-state index in [-0.39, 0.29) is 19.0 Å². The highest BCUT2D eigenvalue weighted by atomic mass is 16.5. The van der Waals surface area contributed by atoms with Crippen LogP contribution in [0.4, 0.5) is 0 Å². The first-order valence-electron chi connectivity index (χ1n) is 5.85. The van der Waals surface area contributed by atoms with E-state index in [1.54, 1.807) is 13.8 Å². The summed E-state index contributed by atoms with van der Waals surface area (Å²) in [4.78, 5) is 22.9. The molecule has 0 amide bonds. The molecule has 17 heavy (non-hydrogen) atoms. The zero-order valence-electron chi connectivity index (χ0n) is 10.5. The van der Waals surface area contributed by atoms with Gasteiger partial charge in [0.25, 0.3) is 0 Å². The SMILES string of the molecule is CCOC(=O)C(N)CC(CCN)C(=O)OCC. The molecule has 0 radical (unpaired) electrons. The molecule has 0 aromatic carbocycles. The molecule has 2 unspecified atom stereocenters. The minimum Gasteiger partial charge on any atom is -0.466 e. The van der Waals surface area contributed by atoms with Crippen LogP contribution in [0.3, 0.4) is 0 Å². The summed E-state index contributed by atoms with van der Waals surface area (Å²) < 4.78 is 9.67. The van der Waals surface area contributed by atoms with Gasteiger partial charge >= 0.3 is 11.9 Å². The lowest BCUT2D eigenvalue weighted by molar-refractivity contribution is -0.150. The second-order valence-corrected chi connectivity index (χ2v) is 3.62. The Morgan fingerprint density at radius 3 is 2.12 bits per heavy atom. The molecule has 0 spiro atoms. The maximum Gasteiger partial charge on any atom is 0.322 e. The summed E-state index contributed by atoms with van der Waals surface area (Å²) in [5, 5.41) is 0. The number of hydrogen-bond acceptors (Lipinski definition) is 6. The number of ether oxygens (including phenoxy) is 2. The van der Waals surface area contributed by atoms with Crippen molar-refractivity contribution in [3.63, 3.8) is 0 Å². The molecule has 0 aromatic rings. The van der Waals surface area contributed by atoms with Gasteiger partial charge in [-0.05, 0) is 33.2 Å². The summed E-state index contributed by atoms with van der Waals surface area (Å²) in [6.45, 7) is 4.34. The molecule has 0 saturated heterocycles. The summed E-state index contributed by atoms with van der Waals surface area (Å²) in [6, 6.07) is -0.809. The largest absolute Gasteiger partial charge is 0.466 e. The smallest absolute Gasteiger partial charge is 0.322 e. The van der Waals surface area contributed by atoms with Gasteiger partial charge in [-0.2, -0.15) is 0 Å². The molecule has 0 rings (SSSR count). The van der Waals surface area contributed by atoms with Crippen molar-refractivity contribution in [2.24, 2.45) is 17.4 Å². The fraction of sp³-hybridized carbons (Fsp3) is 0.818. The molecule has 0 bridgehead atoms. The van der Waals surface area contributed by atoms with Crippen LogP contribution in [0.1, 0.15) is 26.7 Å². The molecule has 0 heterocycles. The summed E-state index contributed by atoms with van der Waals surface area (Å²) in [6.07, 6.45) is 0.654. The molecule has 6 nitrogen and oxygen atoms in total. The van der Waals surface area contributed by atoms with E-state index in [0.717, 1.165) is 0 Å². The van der Waals surface area contributed by atoms with Crippen LogP contribution in [-0.2, 0) is 19.1 Å². The van der Waals surface area contributed by atoms with Crippen molar-refractivity contribution in [2.75, 3.05) is 19.8 Å². The first kappa shape index (κ1) is 15.9. The highest BCUT2D eigenvalue weighted by Crippen LogP contribution is 2.13. The van der Waals surface area contributed by atoms with Gasteiger partial charge < -0.3 is 20.9 Å². The molecule has 6 heteroatoms. The molecule has 0 fully saturated rings. The molecular weight excluding hydrogens is 224 g/mol. The zero-order chi connectivity index (χ0) is 13.3. The zero-order valence-corrected chi connectivity index (χ0v) is 10.5. The third kappa shape index (κ3) is 6.23. The molecule has 0 aliphatic carbocycles. The quantitative estimate of drug-likeness (QED) is 0.574. The molecule has 0 aromatic heterocycles. The van der Waals surface area contributed by atoms with E-state index in [2.05, 4.69) is 0 Å². The van der Waals surface area contributed by atoms with Gasteiger partial charge in [-0.25, -0.2) is 0 Å². The molecule has 0 aliphatic rings. The average molecular weight is 246 g/mol. The first-order valence-corrected chi connectivity index (χ1v) is 5.85. The van der Waals surface area contributed by atoms with Gasteiger partial charge in [-0.1, -0.05) is 0 Å². The van der Waals surface area contributed by atoms with Crippen LogP contribution in [0.25, 0.3) is 0 Å². The van der Waals surface area contributed by atoms with Gasteiger partial charge in [-0.3, -0.25) is 9.59 Å². The fourth-order valence-corrected chi connectivity index (χ4v) is 1.45. The number of carbonyl (C=O) groups excluding carboxylic acids is 2. The van der Waals surface area contributed by atoms with Gasteiger partial charge in [0, 0.05) is 0 Å². The predicted octanol–water partition coefficient (Wildman–Crippen LogP) is -0.205. The highest BCUT2D eigenvalue weighted by molar-refractivity contribution is 5.78. The van der Waals surface area contributed by atoms with Crippen molar-refractivity contribution in [3.8, 4) is 0 Å². The molecule has 100 valence electrons. The predicted molar refractivity (Wildman–Crippen MR) is 63.0 cm³/mol. The van der Waals surface area contributed by atoms with E-state index in [4.69, 9.17) is 20.9 Å². The topological polar surface area (TPSA) is 105 Å². The standard InChI is InChI=1S/C11H22N2O4/c1-3-16-10(14)8(5-6-12)7-9(13)11(15)17-4-2/h8-9H,3-7,12-13H2,1-2H3. The molecule has 0 saturated carbocycles. The Labute approximate surface area is 102 Å². The number of carbonyl (C=O) groups is 2. The van der Waals surface area contributed by atoms with Crippen molar-refractivity contribution in [3.05, 3.63) is 0 Å². The van der Waals surface area contributed by atoms with Gasteiger partial charge in [0.15, 0.2) is 0 Å². The van der Waals surface area contributed by atoms with Crippen LogP contribution < -0.4 is 11.5 Å². The molecule has 2 atom stereocenters. The van der Waals surface area contributed by atoms with Crippen LogP contribution in [-0.4, -0.2) is 37.7 Å². The third-order valence-electron chi connectivity index (χ3n) is 2.26. The lowest BCUT2D eigenvalue weighted by atomic mass is 9.97. The second kappa shape index (κ2) is 8.95. The molecule has 0 aliphatic heterocycles. The fourth-order valence-electron chi connectivity index (χ4n) is 1.45. The Morgan fingerprint density at radius 2 is 1.65 bits per heavy atom. The van der Waals surface area contributed by atoms with E-state index >= 15 is 0 Å². The van der Waals surface area contributed by atoms with E-state index < -0.39 is 17.9 Å². The molecule has 4 N–H and O–H groups in total. The van der Waals surface area contributed by atoms with E-state index in [0.29, 0.717) is 19.6 Å². The third-order valence-corrected chi connectivity index (χ3v) is 2.26. The Bertz CT molecular complexity index is 246. The maximum atomic E-state index is 11.6. The van der Waals surface area contributed by atoms with Crippen molar-refractivity contribution >= 4 is 11.9 Å². The van der Waals surface area contributed by atoms with E-state index in [1.165, 1.54) is 0 Å². The van der Waals surface area contributed by atoms with Crippen LogP contribution in [0, 0.1) is 5.92 Å². The Kier molecular flexibility index (Phi) is 8.35. The normalized spacial score (nSPS) is 13.9. The minimum absolute atomic E-state index is 0.203. The summed E-state index contributed by atoms with van der Waals surface area (Å²) in [7, 11) is 0. The number of hydrogen-bond donors (Lipinski definition) is 2. The summed E-state index contributed by atoms with van der Waals surface area (Å²) >= 11 is 0. The maximum absolute atomic E-state index is 11.6. The van der Waals surface area contributed by atoms with Gasteiger partial charge in [0.1, 0.15) is 6.04 Å². The Morgan fingerprint density at radius 1 is 1.12 bits per heavy atom. The van der Waals surface area contributed by atoms with Crippen LogP contribution in [0.15, 0.2) is 0 Å². The number of rotatable bonds is 8. The Hall–Kier alpha value is -1.14. The number of esters is 2. The van der Waals surface area contributed by atoms with Gasteiger partial charge in [0.2, 0.25) is 0 Å². The summed E-state index contributed by atoms with van der Waals surface area (Å²) in [5.41, 5.74) is 11.1. The van der Waals surface area contributed by atoms with Gasteiger partial charge in [0.05, 0.1) is 19.1 Å². The second-order valence-electron chi connectivity index (χ2n) is 3.62. The summed E-state index contributed by atoms with van der Waals surface area (Å²) in [5.74, 6) is -1.31. The van der Waals surface area contributed by atoms with Crippen LogP contribution in [0.2, 0.25) is 0 Å². The number of nitrogens with two attached hydrogens (primary N) is 2. The Balaban J connectivity index is 4.32. The van der Waals surface area contributed by atoms with Crippen molar-refractivity contribution in [1.29, 1.82) is 0 Å².